The van der Waals surface area contributed by atoms with Crippen molar-refractivity contribution in [1.82, 2.24) is 10.6 Å². The van der Waals surface area contributed by atoms with Gasteiger partial charge in [0.15, 0.2) is 0 Å². The molecule has 0 aliphatic carbocycles. The zero-order valence-electron chi connectivity index (χ0n) is 15.5. The third kappa shape index (κ3) is 10.1. The fraction of sp³-hybridized carbons (Fsp3) is 0.556. The summed E-state index contributed by atoms with van der Waals surface area (Å²) in [6.07, 6.45) is 1.59. The van der Waals surface area contributed by atoms with Gasteiger partial charge in [-0.05, 0) is 51.5 Å². The highest BCUT2D eigenvalue weighted by molar-refractivity contribution is 5.89. The van der Waals surface area contributed by atoms with Crippen LogP contribution in [0.15, 0.2) is 24.3 Å². The van der Waals surface area contributed by atoms with Crippen molar-refractivity contribution in [2.24, 2.45) is 0 Å². The first-order valence-corrected chi connectivity index (χ1v) is 8.54. The van der Waals surface area contributed by atoms with Gasteiger partial charge < -0.3 is 25.4 Å². The molecule has 0 heterocycles. The van der Waals surface area contributed by atoms with Crippen LogP contribution in [0.4, 0.5) is 15.3 Å². The largest absolute Gasteiger partial charge is 0.494 e. The molecule has 3 amide bonds. The number of hydrogen-bond donors (Lipinski definition) is 3. The van der Waals surface area contributed by atoms with Gasteiger partial charge in [-0.25, -0.2) is 9.59 Å². The lowest BCUT2D eigenvalue weighted by molar-refractivity contribution is 0.0528. The van der Waals surface area contributed by atoms with Gasteiger partial charge in [0.2, 0.25) is 0 Å². The lowest BCUT2D eigenvalue weighted by Gasteiger charge is -2.19. The van der Waals surface area contributed by atoms with E-state index in [4.69, 9.17) is 9.47 Å². The molecule has 0 radical (unpaired) electrons. The van der Waals surface area contributed by atoms with E-state index in [-0.39, 0.29) is 12.6 Å². The zero-order valence-corrected chi connectivity index (χ0v) is 15.5. The number of unbranched alkanes of at least 4 members (excludes halogenated alkanes) is 1. The van der Waals surface area contributed by atoms with Crippen molar-refractivity contribution < 1.29 is 19.1 Å². The number of rotatable bonds is 8. The van der Waals surface area contributed by atoms with Gasteiger partial charge in [-0.15, -0.1) is 0 Å². The van der Waals surface area contributed by atoms with Crippen LogP contribution in [0.3, 0.4) is 0 Å². The number of carbonyl (C=O) groups is 2. The fourth-order valence-electron chi connectivity index (χ4n) is 1.80. The molecule has 0 aromatic heterocycles. The zero-order chi connectivity index (χ0) is 18.7. The summed E-state index contributed by atoms with van der Waals surface area (Å²) >= 11 is 0. The standard InChI is InChI=1S/C18H29N3O4/c1-5-6-13-24-15-9-7-14(8-10-15)21-16(22)19-11-12-20-17(23)25-18(2,3)4/h7-10H,5-6,11-13H2,1-4H3,(H,20,23)(H2,19,21,22). The highest BCUT2D eigenvalue weighted by atomic mass is 16.6. The molecule has 25 heavy (non-hydrogen) atoms. The van der Waals surface area contributed by atoms with E-state index in [1.807, 2.05) is 12.1 Å². The predicted molar refractivity (Wildman–Crippen MR) is 98.1 cm³/mol. The third-order valence-corrected chi connectivity index (χ3v) is 2.96. The predicted octanol–water partition coefficient (Wildman–Crippen LogP) is 3.51. The van der Waals surface area contributed by atoms with E-state index in [1.54, 1.807) is 32.9 Å². The number of carbonyl (C=O) groups excluding carboxylic acids is 2. The molecule has 0 saturated heterocycles. The van der Waals surface area contributed by atoms with Crippen LogP contribution < -0.4 is 20.7 Å². The number of hydrogen-bond acceptors (Lipinski definition) is 4. The summed E-state index contributed by atoms with van der Waals surface area (Å²) in [6.45, 7) is 8.75. The molecular formula is C18H29N3O4. The molecular weight excluding hydrogens is 322 g/mol. The highest BCUT2D eigenvalue weighted by Crippen LogP contribution is 2.15. The number of nitrogens with one attached hydrogen (secondary N) is 3. The quantitative estimate of drug-likeness (QED) is 0.625. The molecule has 7 nitrogen and oxygen atoms in total. The van der Waals surface area contributed by atoms with Crippen molar-refractivity contribution in [2.75, 3.05) is 25.0 Å². The van der Waals surface area contributed by atoms with Gasteiger partial charge in [0.1, 0.15) is 11.4 Å². The van der Waals surface area contributed by atoms with Crippen molar-refractivity contribution in [1.29, 1.82) is 0 Å². The molecule has 0 unspecified atom stereocenters. The Kier molecular flexibility index (Phi) is 8.60. The number of ether oxygens (including phenoxy) is 2. The van der Waals surface area contributed by atoms with E-state index >= 15 is 0 Å². The minimum absolute atomic E-state index is 0.284. The number of anilines is 1. The second-order valence-corrected chi connectivity index (χ2v) is 6.54. The summed E-state index contributed by atoms with van der Waals surface area (Å²) in [5, 5.41) is 7.94. The van der Waals surface area contributed by atoms with Gasteiger partial charge in [0.05, 0.1) is 6.61 Å². The minimum atomic E-state index is -0.540. The van der Waals surface area contributed by atoms with E-state index in [0.717, 1.165) is 18.6 Å². The van der Waals surface area contributed by atoms with Crippen LogP contribution in [0.5, 0.6) is 5.75 Å². The Morgan fingerprint density at radius 3 is 2.28 bits per heavy atom. The SMILES string of the molecule is CCCCOc1ccc(NC(=O)NCCNC(=O)OC(C)(C)C)cc1. The van der Waals surface area contributed by atoms with Crippen LogP contribution in [0.25, 0.3) is 0 Å². The molecule has 0 spiro atoms. The van der Waals surface area contributed by atoms with Crippen molar-refractivity contribution >= 4 is 17.8 Å². The van der Waals surface area contributed by atoms with E-state index in [2.05, 4.69) is 22.9 Å². The van der Waals surface area contributed by atoms with Crippen LogP contribution in [-0.2, 0) is 4.74 Å². The first kappa shape index (κ1) is 20.6. The number of benzene rings is 1. The molecule has 140 valence electrons. The lowest BCUT2D eigenvalue weighted by Crippen LogP contribution is -2.39. The summed E-state index contributed by atoms with van der Waals surface area (Å²) in [5.74, 6) is 0.779. The van der Waals surface area contributed by atoms with Crippen LogP contribution in [0.1, 0.15) is 40.5 Å². The maximum atomic E-state index is 11.8. The van der Waals surface area contributed by atoms with E-state index in [9.17, 15) is 9.59 Å². The minimum Gasteiger partial charge on any atom is -0.494 e. The monoisotopic (exact) mass is 351 g/mol. The topological polar surface area (TPSA) is 88.7 Å². The van der Waals surface area contributed by atoms with Gasteiger partial charge in [-0.1, -0.05) is 13.3 Å². The molecule has 7 heteroatoms. The van der Waals surface area contributed by atoms with Gasteiger partial charge in [0, 0.05) is 18.8 Å². The van der Waals surface area contributed by atoms with E-state index in [0.29, 0.717) is 18.8 Å². The number of alkyl carbamates (subject to hydrolysis) is 1. The van der Waals surface area contributed by atoms with Crippen LogP contribution in [0, 0.1) is 0 Å². The van der Waals surface area contributed by atoms with Crippen molar-refractivity contribution in [3.05, 3.63) is 24.3 Å². The molecule has 0 bridgehead atoms. The van der Waals surface area contributed by atoms with E-state index < -0.39 is 11.7 Å². The Bertz CT molecular complexity index is 538. The van der Waals surface area contributed by atoms with E-state index in [1.165, 1.54) is 0 Å². The van der Waals surface area contributed by atoms with Gasteiger partial charge in [-0.2, -0.15) is 0 Å². The van der Waals surface area contributed by atoms with Crippen molar-refractivity contribution in [3.63, 3.8) is 0 Å². The van der Waals surface area contributed by atoms with Gasteiger partial charge >= 0.3 is 12.1 Å². The summed E-state index contributed by atoms with van der Waals surface area (Å²) < 4.78 is 10.7. The second-order valence-electron chi connectivity index (χ2n) is 6.54. The fourth-order valence-corrected chi connectivity index (χ4v) is 1.80. The second kappa shape index (κ2) is 10.4. The van der Waals surface area contributed by atoms with Gasteiger partial charge in [0.25, 0.3) is 0 Å². The normalized spacial score (nSPS) is 10.7. The molecule has 1 aromatic carbocycles. The molecule has 1 rings (SSSR count). The Morgan fingerprint density at radius 2 is 1.68 bits per heavy atom. The molecule has 0 atom stereocenters. The number of urea groups is 1. The Hall–Kier alpha value is -2.44. The lowest BCUT2D eigenvalue weighted by atomic mass is 10.2. The smallest absolute Gasteiger partial charge is 0.407 e. The molecule has 0 fully saturated rings. The highest BCUT2D eigenvalue weighted by Gasteiger charge is 2.15. The Balaban J connectivity index is 2.22. The molecule has 0 aliphatic heterocycles. The third-order valence-electron chi connectivity index (χ3n) is 2.96. The Labute approximate surface area is 149 Å². The first-order valence-electron chi connectivity index (χ1n) is 8.54. The molecule has 0 aliphatic rings. The average Bonchev–Trinajstić information content (AvgIpc) is 2.52. The Morgan fingerprint density at radius 1 is 1.04 bits per heavy atom. The first-order chi connectivity index (χ1) is 11.8. The molecule has 0 saturated carbocycles. The van der Waals surface area contributed by atoms with Crippen LogP contribution in [-0.4, -0.2) is 37.4 Å². The van der Waals surface area contributed by atoms with Crippen molar-refractivity contribution in [2.45, 2.75) is 46.1 Å². The summed E-state index contributed by atoms with van der Waals surface area (Å²) in [5.41, 5.74) is 0.127. The summed E-state index contributed by atoms with van der Waals surface area (Å²) in [6, 6.07) is 6.84. The van der Waals surface area contributed by atoms with Crippen molar-refractivity contribution in [3.8, 4) is 5.75 Å². The van der Waals surface area contributed by atoms with Crippen LogP contribution >= 0.6 is 0 Å². The molecule has 3 N–H and O–H groups in total. The average molecular weight is 351 g/mol. The molecule has 1 aromatic rings. The van der Waals surface area contributed by atoms with Gasteiger partial charge in [-0.3, -0.25) is 0 Å². The summed E-state index contributed by atoms with van der Waals surface area (Å²) in [4.78, 5) is 23.2. The summed E-state index contributed by atoms with van der Waals surface area (Å²) in [7, 11) is 0. The maximum Gasteiger partial charge on any atom is 0.407 e. The number of amides is 3. The maximum absolute atomic E-state index is 11.8. The van der Waals surface area contributed by atoms with Crippen LogP contribution in [0.2, 0.25) is 0 Å².